The minimum Gasteiger partial charge on any atom is -0.345 e. The van der Waals surface area contributed by atoms with Gasteiger partial charge in [0.15, 0.2) is 0 Å². The molecule has 3 nitrogen and oxygen atoms in total. The van der Waals surface area contributed by atoms with Crippen LogP contribution in [0.25, 0.3) is 23.1 Å². The molecule has 28 heavy (non-hydrogen) atoms. The number of aromatic nitrogens is 1. The quantitative estimate of drug-likeness (QED) is 0.496. The Bertz CT molecular complexity index is 958. The molecule has 0 saturated heterocycles. The van der Waals surface area contributed by atoms with E-state index in [1.54, 1.807) is 11.3 Å². The van der Waals surface area contributed by atoms with E-state index in [0.29, 0.717) is 13.0 Å². The summed E-state index contributed by atoms with van der Waals surface area (Å²) in [4.78, 5) is 12.8. The number of amides is 1. The molecule has 2 aromatic heterocycles. The third-order valence-electron chi connectivity index (χ3n) is 4.49. The fourth-order valence-corrected chi connectivity index (χ4v) is 3.70. The van der Waals surface area contributed by atoms with E-state index in [-0.39, 0.29) is 6.54 Å². The molecule has 0 unspecified atom stereocenters. The van der Waals surface area contributed by atoms with Gasteiger partial charge < -0.3 is 9.47 Å². The summed E-state index contributed by atoms with van der Waals surface area (Å²) in [7, 11) is 1.42. The van der Waals surface area contributed by atoms with Crippen LogP contribution in [0.2, 0.25) is 0 Å². The van der Waals surface area contributed by atoms with Crippen molar-refractivity contribution in [2.45, 2.75) is 25.6 Å². The molecule has 1 aromatic carbocycles. The number of nitrogens with zero attached hydrogens (tertiary/aromatic N) is 2. The van der Waals surface area contributed by atoms with Gasteiger partial charge in [-0.2, -0.15) is 24.5 Å². The second-order valence-corrected chi connectivity index (χ2v) is 7.41. The van der Waals surface area contributed by atoms with Crippen LogP contribution in [-0.2, 0) is 11.3 Å². The highest BCUT2D eigenvalue weighted by Crippen LogP contribution is 2.23. The van der Waals surface area contributed by atoms with E-state index in [1.807, 2.05) is 47.9 Å². The number of para-hydroxylation sites is 1. The number of fused-ring (bicyclic) bond motifs is 1. The van der Waals surface area contributed by atoms with Crippen LogP contribution < -0.4 is 0 Å². The van der Waals surface area contributed by atoms with E-state index in [2.05, 4.69) is 16.0 Å². The normalized spacial score (nSPS) is 12.1. The summed E-state index contributed by atoms with van der Waals surface area (Å²) in [5.41, 5.74) is 3.22. The van der Waals surface area contributed by atoms with Gasteiger partial charge in [0.25, 0.3) is 0 Å². The lowest BCUT2D eigenvalue weighted by Gasteiger charge is -2.18. The molecule has 0 atom stereocenters. The van der Waals surface area contributed by atoms with Crippen molar-refractivity contribution in [2.24, 2.45) is 0 Å². The molecule has 0 spiro atoms. The van der Waals surface area contributed by atoms with Gasteiger partial charge in [-0.25, -0.2) is 0 Å². The Kier molecular flexibility index (Phi) is 6.24. The SMILES string of the molecule is CN(CCCn1c(/C=C/c2ccsc2)cc2ccccc21)C(=O)CC(F)(F)F. The van der Waals surface area contributed by atoms with Gasteiger partial charge in [0.1, 0.15) is 6.42 Å². The molecule has 7 heteroatoms. The number of thiophene rings is 1. The Morgan fingerprint density at radius 1 is 1.21 bits per heavy atom. The first-order valence-corrected chi connectivity index (χ1v) is 9.87. The van der Waals surface area contributed by atoms with E-state index in [4.69, 9.17) is 0 Å². The molecule has 3 aromatic rings. The predicted octanol–water partition coefficient (Wildman–Crippen LogP) is 5.67. The van der Waals surface area contributed by atoms with Crippen molar-refractivity contribution < 1.29 is 18.0 Å². The summed E-state index contributed by atoms with van der Waals surface area (Å²) in [5, 5.41) is 5.18. The number of aryl methyl sites for hydroxylation is 1. The first kappa shape index (κ1) is 20.2. The predicted molar refractivity (Wildman–Crippen MR) is 108 cm³/mol. The summed E-state index contributed by atoms with van der Waals surface area (Å²) in [5.74, 6) is -0.901. The number of halogens is 3. The van der Waals surface area contributed by atoms with Crippen LogP contribution in [0.4, 0.5) is 13.2 Å². The molecule has 0 radical (unpaired) electrons. The van der Waals surface area contributed by atoms with Crippen LogP contribution in [0, 0.1) is 0 Å². The molecular formula is C21H21F3N2OS. The zero-order chi connectivity index (χ0) is 20.1. The van der Waals surface area contributed by atoms with Gasteiger partial charge in [-0.05, 0) is 47.0 Å². The van der Waals surface area contributed by atoms with Crippen LogP contribution >= 0.6 is 11.3 Å². The molecule has 3 rings (SSSR count). The smallest absolute Gasteiger partial charge is 0.345 e. The summed E-state index contributed by atoms with van der Waals surface area (Å²) >= 11 is 1.63. The fourth-order valence-electron chi connectivity index (χ4n) is 3.07. The average molecular weight is 406 g/mol. The van der Waals surface area contributed by atoms with Crippen molar-refractivity contribution in [3.8, 4) is 0 Å². The first-order chi connectivity index (χ1) is 13.3. The second-order valence-electron chi connectivity index (χ2n) is 6.63. The first-order valence-electron chi connectivity index (χ1n) is 8.93. The van der Waals surface area contributed by atoms with E-state index in [1.165, 1.54) is 7.05 Å². The van der Waals surface area contributed by atoms with Crippen LogP contribution in [-0.4, -0.2) is 35.1 Å². The van der Waals surface area contributed by atoms with Gasteiger partial charge in [0.05, 0.1) is 0 Å². The number of hydrogen-bond acceptors (Lipinski definition) is 2. The van der Waals surface area contributed by atoms with Crippen LogP contribution in [0.15, 0.2) is 47.2 Å². The lowest BCUT2D eigenvalue weighted by Crippen LogP contribution is -2.32. The summed E-state index contributed by atoms with van der Waals surface area (Å²) in [6.45, 7) is 0.884. The Balaban J connectivity index is 1.71. The standard InChI is InChI=1S/C21H21F3N2OS/c1-25(20(27)14-21(22,23)24)10-4-11-26-18(8-7-16-9-12-28-15-16)13-17-5-2-3-6-19(17)26/h2-3,5-9,12-13,15H,4,10-11,14H2,1H3/b8-7+. The van der Waals surface area contributed by atoms with Crippen molar-refractivity contribution in [1.82, 2.24) is 9.47 Å². The number of rotatable bonds is 7. The molecule has 0 saturated carbocycles. The molecular weight excluding hydrogens is 385 g/mol. The van der Waals surface area contributed by atoms with Gasteiger partial charge in [0, 0.05) is 36.7 Å². The largest absolute Gasteiger partial charge is 0.397 e. The van der Waals surface area contributed by atoms with Crippen LogP contribution in [0.1, 0.15) is 24.1 Å². The summed E-state index contributed by atoms with van der Waals surface area (Å²) in [6, 6.07) is 12.1. The molecule has 0 fully saturated rings. The maximum Gasteiger partial charge on any atom is 0.397 e. The number of alkyl halides is 3. The lowest BCUT2D eigenvalue weighted by atomic mass is 10.2. The Hall–Kier alpha value is -2.54. The topological polar surface area (TPSA) is 25.2 Å². The Morgan fingerprint density at radius 2 is 2.00 bits per heavy atom. The van der Waals surface area contributed by atoms with Gasteiger partial charge in [-0.3, -0.25) is 4.79 Å². The highest BCUT2D eigenvalue weighted by atomic mass is 32.1. The minimum atomic E-state index is -4.47. The average Bonchev–Trinajstić information content (AvgIpc) is 3.26. The maximum absolute atomic E-state index is 12.4. The van der Waals surface area contributed by atoms with Gasteiger partial charge in [0.2, 0.25) is 5.91 Å². The Morgan fingerprint density at radius 3 is 2.71 bits per heavy atom. The van der Waals surface area contributed by atoms with Crippen molar-refractivity contribution >= 4 is 40.3 Å². The van der Waals surface area contributed by atoms with Crippen molar-refractivity contribution in [1.29, 1.82) is 0 Å². The van der Waals surface area contributed by atoms with Crippen LogP contribution in [0.3, 0.4) is 0 Å². The maximum atomic E-state index is 12.4. The molecule has 148 valence electrons. The number of hydrogen-bond donors (Lipinski definition) is 0. The van der Waals surface area contributed by atoms with E-state index in [0.717, 1.165) is 27.1 Å². The third-order valence-corrected chi connectivity index (χ3v) is 5.19. The molecule has 0 aliphatic carbocycles. The van der Waals surface area contributed by atoms with Crippen molar-refractivity contribution in [3.63, 3.8) is 0 Å². The van der Waals surface area contributed by atoms with Crippen molar-refractivity contribution in [3.05, 3.63) is 58.4 Å². The monoisotopic (exact) mass is 406 g/mol. The molecule has 0 aliphatic rings. The minimum absolute atomic E-state index is 0.273. The molecule has 1 amide bonds. The van der Waals surface area contributed by atoms with E-state index < -0.39 is 18.5 Å². The zero-order valence-corrected chi connectivity index (χ0v) is 16.3. The second kappa shape index (κ2) is 8.65. The third kappa shape index (κ3) is 5.25. The fraction of sp³-hybridized carbons (Fsp3) is 0.286. The number of benzene rings is 1. The Labute approximate surface area is 165 Å². The number of carbonyl (C=O) groups excluding carboxylic acids is 1. The number of carbonyl (C=O) groups is 1. The molecule has 2 heterocycles. The molecule has 0 bridgehead atoms. The lowest BCUT2D eigenvalue weighted by molar-refractivity contribution is -0.160. The highest BCUT2D eigenvalue weighted by molar-refractivity contribution is 7.08. The van der Waals surface area contributed by atoms with Crippen molar-refractivity contribution in [2.75, 3.05) is 13.6 Å². The van der Waals surface area contributed by atoms with Gasteiger partial charge in [-0.1, -0.05) is 24.3 Å². The van der Waals surface area contributed by atoms with E-state index >= 15 is 0 Å². The summed E-state index contributed by atoms with van der Waals surface area (Å²) < 4.78 is 39.3. The van der Waals surface area contributed by atoms with Gasteiger partial charge in [-0.15, -0.1) is 0 Å². The van der Waals surface area contributed by atoms with Gasteiger partial charge >= 0.3 is 6.18 Å². The molecule has 0 N–H and O–H groups in total. The van der Waals surface area contributed by atoms with Crippen LogP contribution in [0.5, 0.6) is 0 Å². The zero-order valence-electron chi connectivity index (χ0n) is 15.4. The summed E-state index contributed by atoms with van der Waals surface area (Å²) in [6.07, 6.45) is -1.23. The highest BCUT2D eigenvalue weighted by Gasteiger charge is 2.32. The van der Waals surface area contributed by atoms with E-state index in [9.17, 15) is 18.0 Å². The molecule has 0 aliphatic heterocycles.